The van der Waals surface area contributed by atoms with Crippen LogP contribution < -0.4 is 16.6 Å². The minimum Gasteiger partial charge on any atom is -0.352 e. The van der Waals surface area contributed by atoms with Crippen LogP contribution in [0, 0.1) is 16.0 Å². The molecule has 1 amide bonds. The number of nitrogens with zero attached hydrogens (tertiary/aromatic N) is 1. The van der Waals surface area contributed by atoms with E-state index in [9.17, 15) is 14.9 Å². The van der Waals surface area contributed by atoms with Gasteiger partial charge in [0.25, 0.3) is 5.91 Å². The fourth-order valence-electron chi connectivity index (χ4n) is 2.59. The quantitative estimate of drug-likeness (QED) is 0.432. The summed E-state index contributed by atoms with van der Waals surface area (Å²) in [5, 5.41) is 13.9. The largest absolute Gasteiger partial charge is 0.352 e. The number of nitro groups is 1. The van der Waals surface area contributed by atoms with E-state index < -0.39 is 10.8 Å². The van der Waals surface area contributed by atoms with E-state index >= 15 is 0 Å². The van der Waals surface area contributed by atoms with Gasteiger partial charge in [-0.05, 0) is 30.9 Å². The Morgan fingerprint density at radius 2 is 2.10 bits per heavy atom. The molecule has 0 atom stereocenters. The van der Waals surface area contributed by atoms with Crippen LogP contribution in [0.4, 0.5) is 11.4 Å². The molecule has 1 fully saturated rings. The summed E-state index contributed by atoms with van der Waals surface area (Å²) in [7, 11) is 0. The number of para-hydroxylation sites is 1. The Labute approximate surface area is 116 Å². The second-order valence-electron chi connectivity index (χ2n) is 4.96. The first kappa shape index (κ1) is 14.3. The Morgan fingerprint density at radius 1 is 1.40 bits per heavy atom. The molecule has 0 radical (unpaired) electrons. The maximum atomic E-state index is 12.1. The van der Waals surface area contributed by atoms with Gasteiger partial charge in [0, 0.05) is 6.54 Å². The summed E-state index contributed by atoms with van der Waals surface area (Å²) in [5.41, 5.74) is 2.11. The zero-order chi connectivity index (χ0) is 14.5. The maximum absolute atomic E-state index is 12.1. The number of nitrogens with one attached hydrogen (secondary N) is 2. The fraction of sp³-hybridized carbons (Fsp3) is 0.462. The first-order valence-electron chi connectivity index (χ1n) is 6.65. The van der Waals surface area contributed by atoms with E-state index in [0.29, 0.717) is 12.5 Å². The van der Waals surface area contributed by atoms with Crippen molar-refractivity contribution in [3.8, 4) is 0 Å². The van der Waals surface area contributed by atoms with E-state index in [4.69, 9.17) is 5.84 Å². The molecule has 2 rings (SSSR count). The minimum atomic E-state index is -0.598. The molecule has 0 aliphatic heterocycles. The Balaban J connectivity index is 2.14. The fourth-order valence-corrected chi connectivity index (χ4v) is 2.59. The zero-order valence-electron chi connectivity index (χ0n) is 11.1. The Morgan fingerprint density at radius 3 is 2.70 bits per heavy atom. The minimum absolute atomic E-state index is 0.0310. The van der Waals surface area contributed by atoms with E-state index in [1.165, 1.54) is 25.0 Å². The number of carbonyl (C=O) groups excluding carboxylic acids is 1. The zero-order valence-corrected chi connectivity index (χ0v) is 11.1. The van der Waals surface area contributed by atoms with Crippen LogP contribution in [0.25, 0.3) is 0 Å². The Bertz CT molecular complexity index is 512. The average molecular weight is 278 g/mol. The van der Waals surface area contributed by atoms with Crippen molar-refractivity contribution >= 4 is 17.3 Å². The molecule has 0 spiro atoms. The van der Waals surface area contributed by atoms with E-state index in [0.717, 1.165) is 12.8 Å². The van der Waals surface area contributed by atoms with Crippen LogP contribution in [0.15, 0.2) is 18.2 Å². The highest BCUT2D eigenvalue weighted by Crippen LogP contribution is 2.28. The van der Waals surface area contributed by atoms with Crippen LogP contribution in [-0.4, -0.2) is 17.4 Å². The van der Waals surface area contributed by atoms with Gasteiger partial charge in [-0.3, -0.25) is 20.8 Å². The highest BCUT2D eigenvalue weighted by molar-refractivity contribution is 6.00. The number of carbonyl (C=O) groups is 1. The van der Waals surface area contributed by atoms with E-state index in [1.54, 1.807) is 6.07 Å². The van der Waals surface area contributed by atoms with Gasteiger partial charge in [0.15, 0.2) is 0 Å². The van der Waals surface area contributed by atoms with Crippen molar-refractivity contribution in [3.63, 3.8) is 0 Å². The van der Waals surface area contributed by atoms with Crippen LogP contribution in [0.5, 0.6) is 0 Å². The molecule has 0 heterocycles. The van der Waals surface area contributed by atoms with Crippen molar-refractivity contribution in [2.75, 3.05) is 12.0 Å². The summed E-state index contributed by atoms with van der Waals surface area (Å²) < 4.78 is 0. The van der Waals surface area contributed by atoms with Crippen molar-refractivity contribution in [1.82, 2.24) is 5.32 Å². The molecular weight excluding hydrogens is 260 g/mol. The maximum Gasteiger partial charge on any atom is 0.306 e. The number of nitrogen functional groups attached to an aromatic ring is 1. The topological polar surface area (TPSA) is 110 Å². The monoisotopic (exact) mass is 278 g/mol. The normalized spacial score (nSPS) is 15.1. The summed E-state index contributed by atoms with van der Waals surface area (Å²) in [6, 6.07) is 4.46. The Kier molecular flexibility index (Phi) is 4.52. The van der Waals surface area contributed by atoms with E-state index in [-0.39, 0.29) is 16.9 Å². The van der Waals surface area contributed by atoms with Crippen LogP contribution in [0.1, 0.15) is 36.0 Å². The third kappa shape index (κ3) is 3.05. The highest BCUT2D eigenvalue weighted by Gasteiger charge is 2.25. The second-order valence-corrected chi connectivity index (χ2v) is 4.96. The molecule has 0 bridgehead atoms. The van der Waals surface area contributed by atoms with Crippen molar-refractivity contribution < 1.29 is 9.72 Å². The van der Waals surface area contributed by atoms with Gasteiger partial charge >= 0.3 is 5.69 Å². The summed E-state index contributed by atoms with van der Waals surface area (Å²) >= 11 is 0. The van der Waals surface area contributed by atoms with Gasteiger partial charge in [-0.2, -0.15) is 0 Å². The summed E-state index contributed by atoms with van der Waals surface area (Å²) in [4.78, 5) is 22.6. The molecule has 1 saturated carbocycles. The lowest BCUT2D eigenvalue weighted by Gasteiger charge is -2.11. The number of benzene rings is 1. The molecule has 1 aliphatic rings. The predicted molar refractivity (Wildman–Crippen MR) is 75.2 cm³/mol. The van der Waals surface area contributed by atoms with Gasteiger partial charge in [-0.25, -0.2) is 0 Å². The van der Waals surface area contributed by atoms with Crippen LogP contribution in [0.3, 0.4) is 0 Å². The molecule has 108 valence electrons. The van der Waals surface area contributed by atoms with Gasteiger partial charge < -0.3 is 10.7 Å². The first-order valence-corrected chi connectivity index (χ1v) is 6.65. The molecule has 1 aromatic carbocycles. The smallest absolute Gasteiger partial charge is 0.306 e. The molecular formula is C13H18N4O3. The molecule has 7 heteroatoms. The third-order valence-corrected chi connectivity index (χ3v) is 3.64. The van der Waals surface area contributed by atoms with Crippen molar-refractivity contribution in [2.45, 2.75) is 25.7 Å². The number of amides is 1. The van der Waals surface area contributed by atoms with Gasteiger partial charge in [0.1, 0.15) is 11.3 Å². The van der Waals surface area contributed by atoms with Gasteiger partial charge in [0.05, 0.1) is 4.92 Å². The number of hydrogen-bond donors (Lipinski definition) is 3. The summed E-state index contributed by atoms with van der Waals surface area (Å²) in [6.07, 6.45) is 4.58. The first-order chi connectivity index (χ1) is 9.63. The number of nitrogens with two attached hydrogens (primary N) is 1. The van der Waals surface area contributed by atoms with Crippen molar-refractivity contribution in [1.29, 1.82) is 0 Å². The standard InChI is InChI=1S/C13H18N4O3/c14-16-11-7-3-6-10(12(11)17(19)20)13(18)15-8-9-4-1-2-5-9/h3,6-7,9,16H,1-2,4-5,8,14H2,(H,15,18). The number of rotatable bonds is 5. The summed E-state index contributed by atoms with van der Waals surface area (Å²) in [5.74, 6) is 5.30. The van der Waals surface area contributed by atoms with Crippen LogP contribution in [-0.2, 0) is 0 Å². The molecule has 4 N–H and O–H groups in total. The molecule has 0 saturated heterocycles. The predicted octanol–water partition coefficient (Wildman–Crippen LogP) is 1.80. The van der Waals surface area contributed by atoms with Crippen molar-refractivity contribution in [2.24, 2.45) is 11.8 Å². The molecule has 0 unspecified atom stereocenters. The number of anilines is 1. The molecule has 1 aliphatic carbocycles. The molecule has 7 nitrogen and oxygen atoms in total. The lowest BCUT2D eigenvalue weighted by atomic mass is 10.1. The highest BCUT2D eigenvalue weighted by atomic mass is 16.6. The molecule has 20 heavy (non-hydrogen) atoms. The van der Waals surface area contributed by atoms with Gasteiger partial charge in [0.2, 0.25) is 0 Å². The Hall–Kier alpha value is -2.15. The number of hydrazine groups is 1. The van der Waals surface area contributed by atoms with Gasteiger partial charge in [-0.15, -0.1) is 0 Å². The molecule has 0 aromatic heterocycles. The van der Waals surface area contributed by atoms with Crippen LogP contribution in [0.2, 0.25) is 0 Å². The summed E-state index contributed by atoms with van der Waals surface area (Å²) in [6.45, 7) is 0.566. The van der Waals surface area contributed by atoms with Crippen LogP contribution >= 0.6 is 0 Å². The van der Waals surface area contributed by atoms with E-state index in [2.05, 4.69) is 10.7 Å². The second kappa shape index (κ2) is 6.33. The third-order valence-electron chi connectivity index (χ3n) is 3.64. The lowest BCUT2D eigenvalue weighted by Crippen LogP contribution is -2.29. The van der Waals surface area contributed by atoms with Crippen molar-refractivity contribution in [3.05, 3.63) is 33.9 Å². The number of nitro benzene ring substituents is 1. The van der Waals surface area contributed by atoms with Gasteiger partial charge in [-0.1, -0.05) is 18.9 Å². The number of hydrogen-bond acceptors (Lipinski definition) is 5. The SMILES string of the molecule is NNc1cccc(C(=O)NCC2CCCC2)c1[N+](=O)[O-]. The molecule has 1 aromatic rings. The average Bonchev–Trinajstić information content (AvgIpc) is 2.96. The lowest BCUT2D eigenvalue weighted by molar-refractivity contribution is -0.384. The van der Waals surface area contributed by atoms with E-state index in [1.807, 2.05) is 0 Å².